The number of carbonyl (C=O) groups is 1. The van der Waals surface area contributed by atoms with Gasteiger partial charge in [0.05, 0.1) is 11.9 Å². The molecular formula is C24H25NO3S. The fraction of sp³-hybridized carbons (Fsp3) is 0.292. The quantitative estimate of drug-likeness (QED) is 0.545. The molecule has 1 amide bonds. The average Bonchev–Trinajstić information content (AvgIpc) is 3.29. The van der Waals surface area contributed by atoms with Gasteiger partial charge in [0.2, 0.25) is 5.91 Å². The van der Waals surface area contributed by atoms with Crippen LogP contribution in [0, 0.1) is 0 Å². The number of rotatable bonds is 8. The first-order chi connectivity index (χ1) is 14.3. The van der Waals surface area contributed by atoms with Gasteiger partial charge in [0.15, 0.2) is 0 Å². The number of nitrogens with one attached hydrogen (secondary N) is 1. The van der Waals surface area contributed by atoms with E-state index in [1.54, 1.807) is 11.8 Å². The Hall–Kier alpha value is -2.50. The van der Waals surface area contributed by atoms with Crippen LogP contribution in [0.3, 0.4) is 0 Å². The number of thioether (sulfide) groups is 1. The molecule has 0 radical (unpaired) electrons. The molecule has 1 aliphatic rings. The molecule has 0 bridgehead atoms. The van der Waals surface area contributed by atoms with Gasteiger partial charge in [-0.3, -0.25) is 4.79 Å². The fourth-order valence-electron chi connectivity index (χ4n) is 3.33. The molecule has 3 aromatic rings. The molecule has 4 rings (SSSR count). The Kier molecular flexibility index (Phi) is 6.70. The van der Waals surface area contributed by atoms with Crippen LogP contribution in [-0.2, 0) is 16.1 Å². The predicted octanol–water partition coefficient (Wildman–Crippen LogP) is 4.81. The Morgan fingerprint density at radius 3 is 2.69 bits per heavy atom. The number of fused-ring (bicyclic) bond motifs is 1. The summed E-state index contributed by atoms with van der Waals surface area (Å²) in [6, 6.07) is 22.4. The maximum Gasteiger partial charge on any atom is 0.230 e. The number of carbonyl (C=O) groups excluding carboxylic acids is 1. The highest BCUT2D eigenvalue weighted by Gasteiger charge is 2.15. The summed E-state index contributed by atoms with van der Waals surface area (Å²) in [6.07, 6.45) is 2.40. The Morgan fingerprint density at radius 1 is 1.07 bits per heavy atom. The zero-order valence-electron chi connectivity index (χ0n) is 16.3. The summed E-state index contributed by atoms with van der Waals surface area (Å²) in [4.78, 5) is 13.3. The van der Waals surface area contributed by atoms with Crippen molar-refractivity contribution in [2.24, 2.45) is 0 Å². The van der Waals surface area contributed by atoms with Crippen LogP contribution in [-0.4, -0.2) is 31.0 Å². The van der Waals surface area contributed by atoms with E-state index in [1.807, 2.05) is 36.4 Å². The average molecular weight is 408 g/mol. The highest BCUT2D eigenvalue weighted by molar-refractivity contribution is 8.00. The van der Waals surface area contributed by atoms with E-state index in [9.17, 15) is 4.79 Å². The van der Waals surface area contributed by atoms with E-state index in [0.29, 0.717) is 18.9 Å². The highest BCUT2D eigenvalue weighted by atomic mass is 32.2. The first kappa shape index (κ1) is 19.8. The molecule has 1 saturated heterocycles. The summed E-state index contributed by atoms with van der Waals surface area (Å²) in [6.45, 7) is 1.96. The summed E-state index contributed by atoms with van der Waals surface area (Å²) in [5.74, 6) is 1.27. The summed E-state index contributed by atoms with van der Waals surface area (Å²) in [7, 11) is 0. The molecule has 1 fully saturated rings. The van der Waals surface area contributed by atoms with Crippen LogP contribution in [0.15, 0.2) is 71.6 Å². The standard InChI is InChI=1S/C24H25NO3S/c26-24(17-29-23-12-9-19-4-1-2-5-20(19)14-23)25-15-18-7-10-21(11-8-18)28-16-22-6-3-13-27-22/h1-2,4-5,7-12,14,22H,3,6,13,15-17H2,(H,25,26). The van der Waals surface area contributed by atoms with Gasteiger partial charge in [0.25, 0.3) is 0 Å². The number of ether oxygens (including phenoxy) is 2. The van der Waals surface area contributed by atoms with Crippen molar-refractivity contribution in [2.45, 2.75) is 30.4 Å². The van der Waals surface area contributed by atoms with Gasteiger partial charge in [-0.1, -0.05) is 42.5 Å². The first-order valence-corrected chi connectivity index (χ1v) is 11.0. The lowest BCUT2D eigenvalue weighted by Crippen LogP contribution is -2.24. The van der Waals surface area contributed by atoms with Gasteiger partial charge in [-0.2, -0.15) is 0 Å². The van der Waals surface area contributed by atoms with E-state index in [2.05, 4.69) is 35.6 Å². The van der Waals surface area contributed by atoms with Crippen LogP contribution in [0.25, 0.3) is 10.8 Å². The van der Waals surface area contributed by atoms with Crippen molar-refractivity contribution in [1.29, 1.82) is 0 Å². The van der Waals surface area contributed by atoms with Crippen LogP contribution >= 0.6 is 11.8 Å². The number of benzene rings is 3. The third-order valence-electron chi connectivity index (χ3n) is 4.96. The summed E-state index contributed by atoms with van der Waals surface area (Å²) in [5.41, 5.74) is 1.05. The van der Waals surface area contributed by atoms with E-state index in [0.717, 1.165) is 35.7 Å². The Labute approximate surface area is 175 Å². The third kappa shape index (κ3) is 5.75. The van der Waals surface area contributed by atoms with E-state index in [1.165, 1.54) is 10.8 Å². The molecule has 1 heterocycles. The second-order valence-corrected chi connectivity index (χ2v) is 8.21. The van der Waals surface area contributed by atoms with Crippen LogP contribution < -0.4 is 10.1 Å². The van der Waals surface area contributed by atoms with Crippen molar-refractivity contribution in [3.63, 3.8) is 0 Å². The first-order valence-electron chi connectivity index (χ1n) is 9.98. The predicted molar refractivity (Wildman–Crippen MR) is 117 cm³/mol. The number of amides is 1. The molecule has 5 heteroatoms. The van der Waals surface area contributed by atoms with Crippen LogP contribution in [0.2, 0.25) is 0 Å². The molecule has 1 N–H and O–H groups in total. The monoisotopic (exact) mass is 407 g/mol. The molecule has 0 saturated carbocycles. The SMILES string of the molecule is O=C(CSc1ccc2ccccc2c1)NCc1ccc(OCC2CCCO2)cc1. The smallest absolute Gasteiger partial charge is 0.230 e. The van der Waals surface area contributed by atoms with Crippen molar-refractivity contribution in [3.05, 3.63) is 72.3 Å². The molecule has 0 aromatic heterocycles. The van der Waals surface area contributed by atoms with Gasteiger partial charge in [0.1, 0.15) is 12.4 Å². The van der Waals surface area contributed by atoms with E-state index >= 15 is 0 Å². The van der Waals surface area contributed by atoms with Gasteiger partial charge < -0.3 is 14.8 Å². The lowest BCUT2D eigenvalue weighted by Gasteiger charge is -2.12. The molecule has 0 spiro atoms. The molecule has 4 nitrogen and oxygen atoms in total. The zero-order chi connectivity index (χ0) is 19.9. The topological polar surface area (TPSA) is 47.6 Å². The van der Waals surface area contributed by atoms with Crippen molar-refractivity contribution >= 4 is 28.4 Å². The lowest BCUT2D eigenvalue weighted by atomic mass is 10.1. The van der Waals surface area contributed by atoms with E-state index < -0.39 is 0 Å². The maximum absolute atomic E-state index is 12.2. The fourth-order valence-corrected chi connectivity index (χ4v) is 4.10. The van der Waals surface area contributed by atoms with Gasteiger partial charge >= 0.3 is 0 Å². The van der Waals surface area contributed by atoms with Crippen LogP contribution in [0.1, 0.15) is 18.4 Å². The van der Waals surface area contributed by atoms with Crippen LogP contribution in [0.5, 0.6) is 5.75 Å². The van der Waals surface area contributed by atoms with Crippen molar-refractivity contribution in [1.82, 2.24) is 5.32 Å². The van der Waals surface area contributed by atoms with Gasteiger partial charge in [-0.25, -0.2) is 0 Å². The Bertz CT molecular complexity index is 952. The van der Waals surface area contributed by atoms with Crippen LogP contribution in [0.4, 0.5) is 0 Å². The molecule has 1 aliphatic heterocycles. The molecule has 3 aromatic carbocycles. The van der Waals surface area contributed by atoms with Crippen molar-refractivity contribution in [3.8, 4) is 5.75 Å². The molecule has 1 unspecified atom stereocenters. The third-order valence-corrected chi connectivity index (χ3v) is 5.96. The normalized spacial score (nSPS) is 16.1. The molecule has 150 valence electrons. The molecular weight excluding hydrogens is 382 g/mol. The molecule has 1 atom stereocenters. The Balaban J connectivity index is 1.20. The minimum Gasteiger partial charge on any atom is -0.491 e. The van der Waals surface area contributed by atoms with Crippen molar-refractivity contribution < 1.29 is 14.3 Å². The molecule has 29 heavy (non-hydrogen) atoms. The zero-order valence-corrected chi connectivity index (χ0v) is 17.1. The largest absolute Gasteiger partial charge is 0.491 e. The van der Waals surface area contributed by atoms with Gasteiger partial charge in [-0.05, 0) is 53.4 Å². The maximum atomic E-state index is 12.2. The highest BCUT2D eigenvalue weighted by Crippen LogP contribution is 2.23. The summed E-state index contributed by atoms with van der Waals surface area (Å²) in [5, 5.41) is 5.39. The summed E-state index contributed by atoms with van der Waals surface area (Å²) < 4.78 is 11.3. The second kappa shape index (κ2) is 9.81. The van der Waals surface area contributed by atoms with E-state index in [4.69, 9.17) is 9.47 Å². The minimum absolute atomic E-state index is 0.0295. The number of hydrogen-bond donors (Lipinski definition) is 1. The minimum atomic E-state index is 0.0295. The molecule has 0 aliphatic carbocycles. The number of hydrogen-bond acceptors (Lipinski definition) is 4. The van der Waals surface area contributed by atoms with Gasteiger partial charge in [0, 0.05) is 18.0 Å². The van der Waals surface area contributed by atoms with Gasteiger partial charge in [-0.15, -0.1) is 11.8 Å². The van der Waals surface area contributed by atoms with Crippen molar-refractivity contribution in [2.75, 3.05) is 19.0 Å². The summed E-state index contributed by atoms with van der Waals surface area (Å²) >= 11 is 1.56. The lowest BCUT2D eigenvalue weighted by molar-refractivity contribution is -0.118. The Morgan fingerprint density at radius 2 is 1.90 bits per heavy atom. The second-order valence-electron chi connectivity index (χ2n) is 7.16. The van der Waals surface area contributed by atoms with E-state index in [-0.39, 0.29) is 12.0 Å².